The van der Waals surface area contributed by atoms with Crippen LogP contribution in [0.5, 0.6) is 0 Å². The van der Waals surface area contributed by atoms with Gasteiger partial charge in [0.25, 0.3) is 0 Å². The largest absolute Gasteiger partial charge is 0.398 e. The minimum Gasteiger partial charge on any atom is -0.398 e. The normalized spacial score (nSPS) is 10.2. The number of aryl methyl sites for hydroxylation is 1. The number of nitrogens with zero attached hydrogens (tertiary/aromatic N) is 1. The lowest BCUT2D eigenvalue weighted by Gasteiger charge is -2.22. The van der Waals surface area contributed by atoms with Gasteiger partial charge in [0.1, 0.15) is 0 Å². The van der Waals surface area contributed by atoms with Crippen molar-refractivity contribution < 1.29 is 5.11 Å². The van der Waals surface area contributed by atoms with E-state index < -0.39 is 0 Å². The van der Waals surface area contributed by atoms with Crippen molar-refractivity contribution in [1.82, 2.24) is 0 Å². The highest BCUT2D eigenvalue weighted by Gasteiger charge is 2.04. The summed E-state index contributed by atoms with van der Waals surface area (Å²) in [4.78, 5) is 2.09. The third kappa shape index (κ3) is 2.39. The van der Waals surface area contributed by atoms with Crippen molar-refractivity contribution in [2.45, 2.75) is 13.8 Å². The van der Waals surface area contributed by atoms with Gasteiger partial charge in [-0.05, 0) is 31.5 Å². The topological polar surface area (TPSA) is 49.5 Å². The van der Waals surface area contributed by atoms with Crippen molar-refractivity contribution in [3.8, 4) is 0 Å². The van der Waals surface area contributed by atoms with Gasteiger partial charge in [0.2, 0.25) is 0 Å². The minimum absolute atomic E-state index is 0.168. The SMILES string of the molecule is CCN(CCO)c1ccc(C)c(N)c1. The lowest BCUT2D eigenvalue weighted by Crippen LogP contribution is -2.26. The Morgan fingerprint density at radius 3 is 2.64 bits per heavy atom. The van der Waals surface area contributed by atoms with Crippen molar-refractivity contribution in [3.05, 3.63) is 23.8 Å². The summed E-state index contributed by atoms with van der Waals surface area (Å²) in [5.74, 6) is 0. The minimum atomic E-state index is 0.168. The Hall–Kier alpha value is -1.22. The van der Waals surface area contributed by atoms with E-state index in [0.29, 0.717) is 6.54 Å². The van der Waals surface area contributed by atoms with Crippen LogP contribution in [0.1, 0.15) is 12.5 Å². The van der Waals surface area contributed by atoms with Crippen molar-refractivity contribution in [1.29, 1.82) is 0 Å². The molecule has 1 aromatic rings. The van der Waals surface area contributed by atoms with Crippen molar-refractivity contribution in [2.24, 2.45) is 0 Å². The molecule has 78 valence electrons. The lowest BCUT2D eigenvalue weighted by atomic mass is 10.1. The molecule has 0 heterocycles. The standard InChI is InChI=1S/C11H18N2O/c1-3-13(6-7-14)10-5-4-9(2)11(12)8-10/h4-5,8,14H,3,6-7,12H2,1-2H3. The molecule has 0 aliphatic heterocycles. The molecular weight excluding hydrogens is 176 g/mol. The highest BCUT2D eigenvalue weighted by atomic mass is 16.3. The first-order valence-electron chi connectivity index (χ1n) is 4.91. The maximum atomic E-state index is 8.88. The van der Waals surface area contributed by atoms with Gasteiger partial charge in [0, 0.05) is 24.5 Å². The summed E-state index contributed by atoms with van der Waals surface area (Å²) in [6, 6.07) is 5.99. The average molecular weight is 194 g/mol. The van der Waals surface area contributed by atoms with Crippen molar-refractivity contribution >= 4 is 11.4 Å². The molecule has 1 aromatic carbocycles. The van der Waals surface area contributed by atoms with Crippen LogP contribution in [-0.2, 0) is 0 Å². The first-order chi connectivity index (χ1) is 6.69. The maximum Gasteiger partial charge on any atom is 0.0606 e. The van der Waals surface area contributed by atoms with Crippen LogP contribution in [0.3, 0.4) is 0 Å². The summed E-state index contributed by atoms with van der Waals surface area (Å²) in [6.07, 6.45) is 0. The Kier molecular flexibility index (Phi) is 3.77. The molecule has 3 N–H and O–H groups in total. The summed E-state index contributed by atoms with van der Waals surface area (Å²) in [7, 11) is 0. The molecule has 0 saturated carbocycles. The summed E-state index contributed by atoms with van der Waals surface area (Å²) >= 11 is 0. The number of nitrogens with two attached hydrogens (primary N) is 1. The molecule has 0 fully saturated rings. The van der Waals surface area contributed by atoms with E-state index in [4.69, 9.17) is 10.8 Å². The van der Waals surface area contributed by atoms with Crippen molar-refractivity contribution in [3.63, 3.8) is 0 Å². The van der Waals surface area contributed by atoms with E-state index >= 15 is 0 Å². The Morgan fingerprint density at radius 1 is 1.43 bits per heavy atom. The van der Waals surface area contributed by atoms with Gasteiger partial charge in [0.15, 0.2) is 0 Å². The zero-order valence-electron chi connectivity index (χ0n) is 8.83. The van der Waals surface area contributed by atoms with Gasteiger partial charge >= 0.3 is 0 Å². The van der Waals surface area contributed by atoms with Crippen molar-refractivity contribution in [2.75, 3.05) is 30.3 Å². The fourth-order valence-electron chi connectivity index (χ4n) is 1.42. The fraction of sp³-hybridized carbons (Fsp3) is 0.455. The van der Waals surface area contributed by atoms with Crippen LogP contribution in [0.25, 0.3) is 0 Å². The molecule has 0 atom stereocenters. The molecular formula is C11H18N2O. The monoisotopic (exact) mass is 194 g/mol. The third-order valence-corrected chi connectivity index (χ3v) is 2.38. The first-order valence-corrected chi connectivity index (χ1v) is 4.91. The summed E-state index contributed by atoms with van der Waals surface area (Å²) in [6.45, 7) is 5.75. The summed E-state index contributed by atoms with van der Waals surface area (Å²) in [5, 5.41) is 8.88. The number of aliphatic hydroxyl groups excluding tert-OH is 1. The van der Waals surface area contributed by atoms with Gasteiger partial charge in [-0.25, -0.2) is 0 Å². The Labute approximate surface area is 85.2 Å². The van der Waals surface area contributed by atoms with E-state index in [-0.39, 0.29) is 6.61 Å². The Balaban J connectivity index is 2.88. The average Bonchev–Trinajstić information content (AvgIpc) is 2.19. The van der Waals surface area contributed by atoms with Crippen LogP contribution in [0.2, 0.25) is 0 Å². The van der Waals surface area contributed by atoms with Crippen LogP contribution >= 0.6 is 0 Å². The van der Waals surface area contributed by atoms with Gasteiger partial charge in [-0.15, -0.1) is 0 Å². The number of nitrogen functional groups attached to an aromatic ring is 1. The molecule has 0 aromatic heterocycles. The van der Waals surface area contributed by atoms with E-state index in [2.05, 4.69) is 11.8 Å². The Morgan fingerprint density at radius 2 is 2.14 bits per heavy atom. The highest BCUT2D eigenvalue weighted by Crippen LogP contribution is 2.20. The molecule has 0 amide bonds. The zero-order valence-corrected chi connectivity index (χ0v) is 8.83. The van der Waals surface area contributed by atoms with Gasteiger partial charge in [0.05, 0.1) is 6.61 Å². The maximum absolute atomic E-state index is 8.88. The van der Waals surface area contributed by atoms with Gasteiger partial charge in [-0.2, -0.15) is 0 Å². The second-order valence-corrected chi connectivity index (χ2v) is 3.34. The molecule has 0 unspecified atom stereocenters. The van der Waals surface area contributed by atoms with E-state index in [9.17, 15) is 0 Å². The van der Waals surface area contributed by atoms with E-state index in [0.717, 1.165) is 23.5 Å². The molecule has 0 radical (unpaired) electrons. The number of anilines is 2. The molecule has 0 saturated heterocycles. The number of rotatable bonds is 4. The molecule has 1 rings (SSSR count). The van der Waals surface area contributed by atoms with Gasteiger partial charge in [-0.3, -0.25) is 0 Å². The lowest BCUT2D eigenvalue weighted by molar-refractivity contribution is 0.302. The van der Waals surface area contributed by atoms with Gasteiger partial charge < -0.3 is 15.7 Å². The fourth-order valence-corrected chi connectivity index (χ4v) is 1.42. The number of benzene rings is 1. The van der Waals surface area contributed by atoms with Crippen LogP contribution in [-0.4, -0.2) is 24.8 Å². The number of likely N-dealkylation sites (N-methyl/N-ethyl adjacent to an activating group) is 1. The number of hydrogen-bond donors (Lipinski definition) is 2. The number of aliphatic hydroxyl groups is 1. The zero-order chi connectivity index (χ0) is 10.6. The Bertz CT molecular complexity index is 299. The molecule has 0 bridgehead atoms. The van der Waals surface area contributed by atoms with E-state index in [1.54, 1.807) is 0 Å². The summed E-state index contributed by atoms with van der Waals surface area (Å²) in [5.41, 5.74) is 8.79. The second kappa shape index (κ2) is 4.86. The van der Waals surface area contributed by atoms with Gasteiger partial charge in [-0.1, -0.05) is 6.07 Å². The predicted octanol–water partition coefficient (Wildman–Crippen LogP) is 1.40. The number of hydrogen-bond acceptors (Lipinski definition) is 3. The predicted molar refractivity (Wildman–Crippen MR) is 60.6 cm³/mol. The quantitative estimate of drug-likeness (QED) is 0.712. The third-order valence-electron chi connectivity index (χ3n) is 2.38. The first kappa shape index (κ1) is 10.9. The van der Waals surface area contributed by atoms with Crippen LogP contribution in [0.4, 0.5) is 11.4 Å². The molecule has 3 nitrogen and oxygen atoms in total. The molecule has 14 heavy (non-hydrogen) atoms. The molecule has 3 heteroatoms. The van der Waals surface area contributed by atoms with E-state index in [1.807, 2.05) is 25.1 Å². The molecule has 0 spiro atoms. The highest BCUT2D eigenvalue weighted by molar-refractivity contribution is 5.59. The second-order valence-electron chi connectivity index (χ2n) is 3.34. The van der Waals surface area contributed by atoms with Crippen LogP contribution in [0, 0.1) is 6.92 Å². The van der Waals surface area contributed by atoms with Crippen LogP contribution < -0.4 is 10.6 Å². The van der Waals surface area contributed by atoms with Crippen LogP contribution in [0.15, 0.2) is 18.2 Å². The van der Waals surface area contributed by atoms with E-state index in [1.165, 1.54) is 0 Å². The molecule has 0 aliphatic carbocycles. The summed E-state index contributed by atoms with van der Waals surface area (Å²) < 4.78 is 0. The molecule has 0 aliphatic rings. The smallest absolute Gasteiger partial charge is 0.0606 e.